The first-order chi connectivity index (χ1) is 10.1. The number of hydrogen-bond acceptors (Lipinski definition) is 4. The fourth-order valence-electron chi connectivity index (χ4n) is 2.76. The third kappa shape index (κ3) is 4.94. The number of aryl methyl sites for hydroxylation is 1. The summed E-state index contributed by atoms with van der Waals surface area (Å²) in [7, 11) is 0. The van der Waals surface area contributed by atoms with Crippen molar-refractivity contribution in [1.29, 1.82) is 0 Å². The first-order valence-corrected chi connectivity index (χ1v) is 8.47. The van der Waals surface area contributed by atoms with Gasteiger partial charge in [0, 0.05) is 43.6 Å². The zero-order chi connectivity index (χ0) is 16.4. The van der Waals surface area contributed by atoms with Gasteiger partial charge in [-0.25, -0.2) is 9.97 Å². The van der Waals surface area contributed by atoms with Gasteiger partial charge >= 0.3 is 0 Å². The first kappa shape index (κ1) is 17.2. The lowest BCUT2D eigenvalue weighted by Crippen LogP contribution is -2.53. The Morgan fingerprint density at radius 3 is 2.18 bits per heavy atom. The van der Waals surface area contributed by atoms with E-state index < -0.39 is 0 Å². The monoisotopic (exact) mass is 304 g/mol. The Kier molecular flexibility index (Phi) is 5.10. The summed E-state index contributed by atoms with van der Waals surface area (Å²) >= 11 is 0. The molecule has 1 fully saturated rings. The molecule has 1 aromatic rings. The topological polar surface area (TPSA) is 32.3 Å². The van der Waals surface area contributed by atoms with Gasteiger partial charge in [0.15, 0.2) is 0 Å². The minimum absolute atomic E-state index is 0.251. The molecule has 1 saturated heterocycles. The smallest absolute Gasteiger partial charge is 0.225 e. The zero-order valence-corrected chi connectivity index (χ0v) is 15.2. The van der Waals surface area contributed by atoms with Gasteiger partial charge in [-0.15, -0.1) is 0 Å². The Bertz CT molecular complexity index is 477. The number of aromatic nitrogens is 2. The fraction of sp³-hybridized carbons (Fsp3) is 0.778. The average molecular weight is 304 g/mol. The maximum absolute atomic E-state index is 4.78. The zero-order valence-electron chi connectivity index (χ0n) is 15.2. The molecule has 4 nitrogen and oxygen atoms in total. The third-order valence-corrected chi connectivity index (χ3v) is 4.34. The highest BCUT2D eigenvalue weighted by atomic mass is 15.3. The summed E-state index contributed by atoms with van der Waals surface area (Å²) in [6.45, 7) is 17.9. The van der Waals surface area contributed by atoms with Crippen molar-refractivity contribution >= 4 is 5.95 Å². The normalized spacial score (nSPS) is 17.8. The molecule has 1 aromatic heterocycles. The van der Waals surface area contributed by atoms with Crippen LogP contribution in [0, 0.1) is 5.41 Å². The van der Waals surface area contributed by atoms with Crippen LogP contribution in [-0.2, 0) is 6.42 Å². The summed E-state index contributed by atoms with van der Waals surface area (Å²) < 4.78 is 0. The van der Waals surface area contributed by atoms with E-state index in [2.05, 4.69) is 62.4 Å². The van der Waals surface area contributed by atoms with Crippen molar-refractivity contribution in [2.24, 2.45) is 5.41 Å². The summed E-state index contributed by atoms with van der Waals surface area (Å²) in [5, 5.41) is 0. The van der Waals surface area contributed by atoms with Crippen molar-refractivity contribution in [2.75, 3.05) is 31.1 Å². The highest BCUT2D eigenvalue weighted by molar-refractivity contribution is 5.31. The molecule has 2 rings (SSSR count). The molecule has 0 bridgehead atoms. The number of hydrogen-bond donors (Lipinski definition) is 0. The van der Waals surface area contributed by atoms with Crippen LogP contribution in [-0.4, -0.2) is 46.6 Å². The Labute approximate surface area is 135 Å². The highest BCUT2D eigenvalue weighted by Gasteiger charge is 2.26. The molecule has 124 valence electrons. The van der Waals surface area contributed by atoms with Crippen LogP contribution in [0.2, 0.25) is 0 Å². The number of piperazine rings is 1. The Hall–Kier alpha value is -1.16. The van der Waals surface area contributed by atoms with Crippen LogP contribution in [0.1, 0.15) is 53.7 Å². The predicted octanol–water partition coefficient (Wildman–Crippen LogP) is 3.38. The van der Waals surface area contributed by atoms with Gasteiger partial charge < -0.3 is 4.90 Å². The summed E-state index contributed by atoms with van der Waals surface area (Å²) in [6.07, 6.45) is 4.10. The second-order valence-corrected chi connectivity index (χ2v) is 8.55. The molecule has 1 aliphatic rings. The van der Waals surface area contributed by atoms with Crippen molar-refractivity contribution in [3.8, 4) is 0 Å². The summed E-state index contributed by atoms with van der Waals surface area (Å²) in [4.78, 5) is 14.1. The lowest BCUT2D eigenvalue weighted by Gasteiger charge is -2.42. The van der Waals surface area contributed by atoms with Gasteiger partial charge in [-0.05, 0) is 45.1 Å². The van der Waals surface area contributed by atoms with Crippen LogP contribution < -0.4 is 4.90 Å². The molecule has 0 amide bonds. The molecule has 2 heterocycles. The number of nitrogens with zero attached hydrogens (tertiary/aromatic N) is 4. The molecular weight excluding hydrogens is 272 g/mol. The minimum Gasteiger partial charge on any atom is -0.338 e. The Morgan fingerprint density at radius 1 is 1.00 bits per heavy atom. The standard InChI is InChI=1S/C18H32N4/c1-17(2,3)9-7-15-8-10-19-16(20-15)21-11-13-22(14-12-21)18(4,5)6/h8,10H,7,9,11-14H2,1-6H3. The fourth-order valence-corrected chi connectivity index (χ4v) is 2.76. The maximum Gasteiger partial charge on any atom is 0.225 e. The van der Waals surface area contributed by atoms with Crippen molar-refractivity contribution in [2.45, 2.75) is 59.9 Å². The summed E-state index contributed by atoms with van der Waals surface area (Å²) in [6, 6.07) is 2.06. The van der Waals surface area contributed by atoms with Gasteiger partial charge in [0.05, 0.1) is 0 Å². The van der Waals surface area contributed by atoms with E-state index in [0.29, 0.717) is 5.41 Å². The molecule has 0 aromatic carbocycles. The molecule has 0 spiro atoms. The molecule has 0 unspecified atom stereocenters. The first-order valence-electron chi connectivity index (χ1n) is 8.47. The molecule has 0 N–H and O–H groups in total. The van der Waals surface area contributed by atoms with Crippen LogP contribution in [0.5, 0.6) is 0 Å². The van der Waals surface area contributed by atoms with Crippen LogP contribution in [0.3, 0.4) is 0 Å². The van der Waals surface area contributed by atoms with Gasteiger partial charge in [0.1, 0.15) is 0 Å². The molecule has 0 atom stereocenters. The molecule has 0 saturated carbocycles. The van der Waals surface area contributed by atoms with Gasteiger partial charge in [-0.3, -0.25) is 4.90 Å². The lowest BCUT2D eigenvalue weighted by atomic mass is 9.90. The highest BCUT2D eigenvalue weighted by Crippen LogP contribution is 2.22. The Balaban J connectivity index is 1.96. The van der Waals surface area contributed by atoms with E-state index in [4.69, 9.17) is 4.98 Å². The van der Waals surface area contributed by atoms with Gasteiger partial charge in [-0.1, -0.05) is 20.8 Å². The van der Waals surface area contributed by atoms with Crippen molar-refractivity contribution in [3.63, 3.8) is 0 Å². The van der Waals surface area contributed by atoms with Crippen LogP contribution in [0.15, 0.2) is 12.3 Å². The molecule has 0 radical (unpaired) electrons. The SMILES string of the molecule is CC(C)(C)CCc1ccnc(N2CCN(C(C)(C)C)CC2)n1. The second-order valence-electron chi connectivity index (χ2n) is 8.55. The second kappa shape index (κ2) is 6.53. The number of anilines is 1. The van der Waals surface area contributed by atoms with Gasteiger partial charge in [-0.2, -0.15) is 0 Å². The molecule has 1 aliphatic heterocycles. The largest absolute Gasteiger partial charge is 0.338 e. The average Bonchev–Trinajstić information content (AvgIpc) is 2.44. The summed E-state index contributed by atoms with van der Waals surface area (Å²) in [5.41, 5.74) is 1.77. The maximum atomic E-state index is 4.78. The van der Waals surface area contributed by atoms with E-state index >= 15 is 0 Å². The van der Waals surface area contributed by atoms with Crippen LogP contribution >= 0.6 is 0 Å². The van der Waals surface area contributed by atoms with E-state index in [0.717, 1.165) is 50.7 Å². The van der Waals surface area contributed by atoms with E-state index in [1.807, 2.05) is 6.20 Å². The molecular formula is C18H32N4. The van der Waals surface area contributed by atoms with Crippen LogP contribution in [0.25, 0.3) is 0 Å². The Morgan fingerprint density at radius 2 is 1.64 bits per heavy atom. The van der Waals surface area contributed by atoms with Crippen LogP contribution in [0.4, 0.5) is 5.95 Å². The third-order valence-electron chi connectivity index (χ3n) is 4.34. The van der Waals surface area contributed by atoms with E-state index in [9.17, 15) is 0 Å². The number of rotatable bonds is 3. The predicted molar refractivity (Wildman–Crippen MR) is 93.3 cm³/mol. The van der Waals surface area contributed by atoms with Gasteiger partial charge in [0.2, 0.25) is 5.95 Å². The van der Waals surface area contributed by atoms with E-state index in [1.165, 1.54) is 0 Å². The van der Waals surface area contributed by atoms with Crippen molar-refractivity contribution in [3.05, 3.63) is 18.0 Å². The van der Waals surface area contributed by atoms with Gasteiger partial charge in [0.25, 0.3) is 0 Å². The molecule has 4 heteroatoms. The van der Waals surface area contributed by atoms with Crippen molar-refractivity contribution < 1.29 is 0 Å². The summed E-state index contributed by atoms with van der Waals surface area (Å²) in [5.74, 6) is 0.903. The minimum atomic E-state index is 0.251. The molecule has 0 aliphatic carbocycles. The van der Waals surface area contributed by atoms with E-state index in [-0.39, 0.29) is 5.54 Å². The van der Waals surface area contributed by atoms with Crippen molar-refractivity contribution in [1.82, 2.24) is 14.9 Å². The quantitative estimate of drug-likeness (QED) is 0.857. The molecule has 22 heavy (non-hydrogen) atoms. The lowest BCUT2D eigenvalue weighted by molar-refractivity contribution is 0.128. The van der Waals surface area contributed by atoms with E-state index in [1.54, 1.807) is 0 Å².